The van der Waals surface area contributed by atoms with Gasteiger partial charge in [-0.3, -0.25) is 9.69 Å². The highest BCUT2D eigenvalue weighted by atomic mass is 32.1. The van der Waals surface area contributed by atoms with Gasteiger partial charge in [-0.1, -0.05) is 30.3 Å². The predicted molar refractivity (Wildman–Crippen MR) is 108 cm³/mol. The molecule has 0 saturated heterocycles. The van der Waals surface area contributed by atoms with Crippen LogP contribution in [-0.2, 0) is 13.0 Å². The molecule has 1 aliphatic rings. The van der Waals surface area contributed by atoms with Crippen LogP contribution in [-0.4, -0.2) is 34.9 Å². The summed E-state index contributed by atoms with van der Waals surface area (Å²) in [6, 6.07) is 12.9. The molecule has 4 rings (SSSR count). The van der Waals surface area contributed by atoms with Gasteiger partial charge in [0.2, 0.25) is 0 Å². The van der Waals surface area contributed by atoms with Crippen LogP contribution >= 0.6 is 22.7 Å². The van der Waals surface area contributed by atoms with Crippen molar-refractivity contribution in [3.05, 3.63) is 64.0 Å². The van der Waals surface area contributed by atoms with Crippen molar-refractivity contribution in [3.63, 3.8) is 0 Å². The average Bonchev–Trinajstić information content (AvgIpc) is 3.36. The molecule has 0 saturated carbocycles. The maximum atomic E-state index is 12.4. The first-order valence-corrected chi connectivity index (χ1v) is 10.5. The van der Waals surface area contributed by atoms with Gasteiger partial charge in [0, 0.05) is 31.1 Å². The van der Waals surface area contributed by atoms with Crippen molar-refractivity contribution in [2.75, 3.05) is 13.1 Å². The molecule has 26 heavy (non-hydrogen) atoms. The first-order chi connectivity index (χ1) is 12.7. The van der Waals surface area contributed by atoms with Gasteiger partial charge in [0.15, 0.2) is 0 Å². The molecule has 6 heteroatoms. The first-order valence-electron chi connectivity index (χ1n) is 8.79. The number of nitrogens with zero attached hydrogens (tertiary/aromatic N) is 2. The molecular weight excluding hydrogens is 362 g/mol. The van der Waals surface area contributed by atoms with Gasteiger partial charge >= 0.3 is 0 Å². The third-order valence-corrected chi connectivity index (χ3v) is 6.69. The number of aromatic nitrogens is 1. The number of hydrogen-bond acceptors (Lipinski definition) is 5. The van der Waals surface area contributed by atoms with Gasteiger partial charge in [0.25, 0.3) is 5.91 Å². The van der Waals surface area contributed by atoms with E-state index < -0.39 is 0 Å². The van der Waals surface area contributed by atoms with Crippen LogP contribution in [0.1, 0.15) is 28.5 Å². The fraction of sp³-hybridized carbons (Fsp3) is 0.300. The first kappa shape index (κ1) is 17.4. The van der Waals surface area contributed by atoms with E-state index in [2.05, 4.69) is 46.4 Å². The Kier molecular flexibility index (Phi) is 5.15. The summed E-state index contributed by atoms with van der Waals surface area (Å²) in [5.41, 5.74) is 3.36. The Hall–Kier alpha value is -2.02. The lowest BCUT2D eigenvalue weighted by atomic mass is 9.99. The van der Waals surface area contributed by atoms with E-state index in [0.29, 0.717) is 18.3 Å². The number of rotatable bonds is 5. The Bertz CT molecular complexity index is 888. The number of hydrogen-bond donors (Lipinski definition) is 1. The number of amides is 1. The minimum Gasteiger partial charge on any atom is -0.349 e. The molecule has 0 aliphatic carbocycles. The molecule has 0 radical (unpaired) electrons. The Morgan fingerprint density at radius 1 is 1.23 bits per heavy atom. The SMILES string of the molecule is CC(CNC(=O)c1csc(-c2cccs2)n1)N1CCc2ccccc2C1. The van der Waals surface area contributed by atoms with Crippen LogP contribution in [0.15, 0.2) is 47.2 Å². The van der Waals surface area contributed by atoms with Crippen molar-refractivity contribution in [3.8, 4) is 9.88 Å². The Morgan fingerprint density at radius 2 is 2.08 bits per heavy atom. The summed E-state index contributed by atoms with van der Waals surface area (Å²) in [5.74, 6) is -0.0895. The van der Waals surface area contributed by atoms with Gasteiger partial charge in [-0.15, -0.1) is 22.7 Å². The van der Waals surface area contributed by atoms with Crippen molar-refractivity contribution in [2.45, 2.75) is 25.9 Å². The van der Waals surface area contributed by atoms with E-state index in [-0.39, 0.29) is 5.91 Å². The van der Waals surface area contributed by atoms with Crippen LogP contribution in [0.3, 0.4) is 0 Å². The van der Waals surface area contributed by atoms with Crippen LogP contribution < -0.4 is 5.32 Å². The molecule has 1 amide bonds. The molecule has 1 N–H and O–H groups in total. The number of thiophene rings is 1. The molecule has 4 nitrogen and oxygen atoms in total. The number of benzene rings is 1. The molecule has 0 fully saturated rings. The minimum absolute atomic E-state index is 0.0895. The van der Waals surface area contributed by atoms with E-state index in [0.717, 1.165) is 29.4 Å². The summed E-state index contributed by atoms with van der Waals surface area (Å²) < 4.78 is 0. The second-order valence-corrected chi connectivity index (χ2v) is 8.37. The molecule has 2 aromatic heterocycles. The Morgan fingerprint density at radius 3 is 2.88 bits per heavy atom. The number of fused-ring (bicyclic) bond motifs is 1. The van der Waals surface area contributed by atoms with E-state index in [1.54, 1.807) is 11.3 Å². The highest BCUT2D eigenvalue weighted by Gasteiger charge is 2.21. The molecule has 3 aromatic rings. The third kappa shape index (κ3) is 3.72. The fourth-order valence-electron chi connectivity index (χ4n) is 3.25. The number of thiazole rings is 1. The van der Waals surface area contributed by atoms with Crippen molar-refractivity contribution in [1.82, 2.24) is 15.2 Å². The van der Waals surface area contributed by atoms with E-state index in [1.807, 2.05) is 22.9 Å². The quantitative estimate of drug-likeness (QED) is 0.723. The van der Waals surface area contributed by atoms with Gasteiger partial charge in [0.1, 0.15) is 10.7 Å². The number of carbonyl (C=O) groups is 1. The second kappa shape index (κ2) is 7.70. The monoisotopic (exact) mass is 383 g/mol. The van der Waals surface area contributed by atoms with Gasteiger partial charge in [0.05, 0.1) is 4.88 Å². The molecule has 1 atom stereocenters. The summed E-state index contributed by atoms with van der Waals surface area (Å²) in [4.78, 5) is 20.4. The highest BCUT2D eigenvalue weighted by molar-refractivity contribution is 7.20. The van der Waals surface area contributed by atoms with Crippen LogP contribution in [0.4, 0.5) is 0 Å². The van der Waals surface area contributed by atoms with E-state index in [4.69, 9.17) is 0 Å². The zero-order valence-corrected chi connectivity index (χ0v) is 16.3. The van der Waals surface area contributed by atoms with Gasteiger partial charge in [-0.2, -0.15) is 0 Å². The lowest BCUT2D eigenvalue weighted by molar-refractivity contribution is 0.0928. The Labute approximate surface area is 161 Å². The fourth-order valence-corrected chi connectivity index (χ4v) is 4.86. The van der Waals surface area contributed by atoms with Crippen LogP contribution in [0.5, 0.6) is 0 Å². The van der Waals surface area contributed by atoms with Crippen LogP contribution in [0.25, 0.3) is 9.88 Å². The topological polar surface area (TPSA) is 45.2 Å². The van der Waals surface area contributed by atoms with Gasteiger partial charge in [-0.25, -0.2) is 4.98 Å². The molecular formula is C20H21N3OS2. The predicted octanol–water partition coefficient (Wildman–Crippen LogP) is 4.05. The Balaban J connectivity index is 1.33. The normalized spacial score (nSPS) is 15.4. The van der Waals surface area contributed by atoms with Crippen molar-refractivity contribution < 1.29 is 4.79 Å². The second-order valence-electron chi connectivity index (χ2n) is 6.56. The summed E-state index contributed by atoms with van der Waals surface area (Å²) in [7, 11) is 0. The summed E-state index contributed by atoms with van der Waals surface area (Å²) in [5, 5.41) is 7.82. The molecule has 0 spiro atoms. The lowest BCUT2D eigenvalue weighted by Crippen LogP contribution is -2.44. The molecule has 1 unspecified atom stereocenters. The van der Waals surface area contributed by atoms with Crippen LogP contribution in [0, 0.1) is 0 Å². The minimum atomic E-state index is -0.0895. The van der Waals surface area contributed by atoms with E-state index >= 15 is 0 Å². The van der Waals surface area contributed by atoms with Gasteiger partial charge < -0.3 is 5.32 Å². The summed E-state index contributed by atoms with van der Waals surface area (Å²) in [6.45, 7) is 4.79. The molecule has 3 heterocycles. The van der Waals surface area contributed by atoms with E-state index in [9.17, 15) is 4.79 Å². The number of carbonyl (C=O) groups excluding carboxylic acids is 1. The molecule has 1 aliphatic heterocycles. The molecule has 0 bridgehead atoms. The maximum Gasteiger partial charge on any atom is 0.270 e. The van der Waals surface area contributed by atoms with Crippen molar-refractivity contribution in [1.29, 1.82) is 0 Å². The summed E-state index contributed by atoms with van der Waals surface area (Å²) >= 11 is 3.16. The van der Waals surface area contributed by atoms with Crippen LogP contribution in [0.2, 0.25) is 0 Å². The zero-order valence-electron chi connectivity index (χ0n) is 14.6. The molecule has 1 aromatic carbocycles. The number of nitrogens with one attached hydrogen (secondary N) is 1. The molecule has 134 valence electrons. The largest absolute Gasteiger partial charge is 0.349 e. The maximum absolute atomic E-state index is 12.4. The van der Waals surface area contributed by atoms with Crippen molar-refractivity contribution >= 4 is 28.6 Å². The zero-order chi connectivity index (χ0) is 17.9. The smallest absolute Gasteiger partial charge is 0.270 e. The lowest BCUT2D eigenvalue weighted by Gasteiger charge is -2.33. The standard InChI is InChI=1S/C20H21N3OS2/c1-14(23-9-8-15-5-2-3-6-16(15)12-23)11-21-19(24)17-13-26-20(22-17)18-7-4-10-25-18/h2-7,10,13-14H,8-9,11-12H2,1H3,(H,21,24). The van der Waals surface area contributed by atoms with Gasteiger partial charge in [-0.05, 0) is 35.9 Å². The third-order valence-electron chi connectivity index (χ3n) is 4.81. The summed E-state index contributed by atoms with van der Waals surface area (Å²) in [6.07, 6.45) is 1.07. The van der Waals surface area contributed by atoms with Crippen molar-refractivity contribution in [2.24, 2.45) is 0 Å². The van der Waals surface area contributed by atoms with E-state index in [1.165, 1.54) is 22.5 Å². The average molecular weight is 384 g/mol. The highest BCUT2D eigenvalue weighted by Crippen LogP contribution is 2.27.